The van der Waals surface area contributed by atoms with Crippen LogP contribution in [0.5, 0.6) is 0 Å². The predicted molar refractivity (Wildman–Crippen MR) is 38.9 cm³/mol. The summed E-state index contributed by atoms with van der Waals surface area (Å²) in [5.74, 6) is -0.458. The molecule has 0 fully saturated rings. The Morgan fingerprint density at radius 2 is 2.40 bits per heavy atom. The first-order chi connectivity index (χ1) is 4.70. The van der Waals surface area contributed by atoms with E-state index in [9.17, 15) is 4.39 Å². The summed E-state index contributed by atoms with van der Waals surface area (Å²) in [6.07, 6.45) is 1.43. The monoisotopic (exact) mass is 137 g/mol. The number of nitrogens with zero attached hydrogens (tertiary/aromatic N) is 1. The lowest BCUT2D eigenvalue weighted by atomic mass is 10.1. The Balaban J connectivity index is 3.07. The molecule has 1 heterocycles. The Hall–Kier alpha value is -1.18. The molecule has 0 atom stereocenters. The number of rotatable bonds is 1. The van der Waals surface area contributed by atoms with E-state index in [-0.39, 0.29) is 0 Å². The molecule has 0 saturated heterocycles. The number of hydrogen-bond acceptors (Lipinski definition) is 1. The minimum atomic E-state index is -0.458. The molecular weight excluding hydrogens is 129 g/mol. The minimum Gasteiger partial charge on any atom is -0.228 e. The van der Waals surface area contributed by atoms with Crippen molar-refractivity contribution in [3.05, 3.63) is 36.4 Å². The minimum absolute atomic E-state index is 0.458. The summed E-state index contributed by atoms with van der Waals surface area (Å²) in [7, 11) is 0. The summed E-state index contributed by atoms with van der Waals surface area (Å²) in [5, 5.41) is 0. The van der Waals surface area contributed by atoms with Crippen LogP contribution in [0.15, 0.2) is 24.9 Å². The van der Waals surface area contributed by atoms with Crippen molar-refractivity contribution in [1.82, 2.24) is 4.98 Å². The largest absolute Gasteiger partial charge is 0.228 e. The van der Waals surface area contributed by atoms with E-state index in [0.717, 1.165) is 11.1 Å². The molecule has 1 nitrogen and oxygen atoms in total. The van der Waals surface area contributed by atoms with Gasteiger partial charge in [0.2, 0.25) is 5.95 Å². The maximum atomic E-state index is 12.4. The van der Waals surface area contributed by atoms with Gasteiger partial charge in [-0.15, -0.1) is 0 Å². The summed E-state index contributed by atoms with van der Waals surface area (Å²) in [4.78, 5) is 3.41. The van der Waals surface area contributed by atoms with Crippen LogP contribution in [-0.4, -0.2) is 4.98 Å². The summed E-state index contributed by atoms with van der Waals surface area (Å²) in [6.45, 7) is 5.50. The van der Waals surface area contributed by atoms with E-state index in [1.807, 2.05) is 6.92 Å². The molecule has 0 bridgehead atoms. The van der Waals surface area contributed by atoms with Gasteiger partial charge >= 0.3 is 0 Å². The van der Waals surface area contributed by atoms with Crippen LogP contribution in [0.2, 0.25) is 0 Å². The van der Waals surface area contributed by atoms with Gasteiger partial charge in [0.05, 0.1) is 0 Å². The normalized spacial score (nSPS) is 9.40. The third-order valence-electron chi connectivity index (χ3n) is 1.22. The average molecular weight is 137 g/mol. The highest BCUT2D eigenvalue weighted by Crippen LogP contribution is 2.09. The fourth-order valence-corrected chi connectivity index (χ4v) is 0.668. The highest BCUT2D eigenvalue weighted by Gasteiger charge is 1.94. The van der Waals surface area contributed by atoms with Gasteiger partial charge in [-0.25, -0.2) is 4.98 Å². The van der Waals surface area contributed by atoms with Crippen LogP contribution in [0.4, 0.5) is 4.39 Å². The Morgan fingerprint density at radius 3 is 2.80 bits per heavy atom. The van der Waals surface area contributed by atoms with E-state index < -0.39 is 5.95 Å². The molecule has 1 aromatic rings. The third-order valence-corrected chi connectivity index (χ3v) is 1.22. The number of aromatic nitrogens is 1. The van der Waals surface area contributed by atoms with Crippen molar-refractivity contribution in [2.45, 2.75) is 6.92 Å². The molecule has 0 radical (unpaired) electrons. The van der Waals surface area contributed by atoms with Crippen molar-refractivity contribution in [3.63, 3.8) is 0 Å². The zero-order chi connectivity index (χ0) is 7.56. The molecule has 0 amide bonds. The quantitative estimate of drug-likeness (QED) is 0.541. The van der Waals surface area contributed by atoms with Crippen LogP contribution >= 0.6 is 0 Å². The van der Waals surface area contributed by atoms with Gasteiger partial charge in [-0.1, -0.05) is 12.2 Å². The van der Waals surface area contributed by atoms with E-state index in [1.54, 1.807) is 6.07 Å². The lowest BCUT2D eigenvalue weighted by molar-refractivity contribution is 0.583. The van der Waals surface area contributed by atoms with Crippen molar-refractivity contribution < 1.29 is 4.39 Å². The summed E-state index contributed by atoms with van der Waals surface area (Å²) < 4.78 is 12.4. The molecular formula is C8H8FN. The molecule has 1 aromatic heterocycles. The molecule has 0 spiro atoms. The van der Waals surface area contributed by atoms with Crippen LogP contribution < -0.4 is 0 Å². The molecule has 1 rings (SSSR count). The van der Waals surface area contributed by atoms with Gasteiger partial charge < -0.3 is 0 Å². The third kappa shape index (κ3) is 1.41. The smallest absolute Gasteiger partial charge is 0.213 e. The van der Waals surface area contributed by atoms with Crippen LogP contribution in [0.1, 0.15) is 12.5 Å². The van der Waals surface area contributed by atoms with E-state index in [0.29, 0.717) is 0 Å². The SMILES string of the molecule is C=C(C)c1ccnc(F)c1. The maximum Gasteiger partial charge on any atom is 0.213 e. The van der Waals surface area contributed by atoms with Crippen LogP contribution in [0, 0.1) is 5.95 Å². The van der Waals surface area contributed by atoms with Crippen LogP contribution in [-0.2, 0) is 0 Å². The summed E-state index contributed by atoms with van der Waals surface area (Å²) in [5.41, 5.74) is 1.65. The molecule has 52 valence electrons. The number of pyridine rings is 1. The second-order valence-electron chi connectivity index (χ2n) is 2.15. The second kappa shape index (κ2) is 2.60. The van der Waals surface area contributed by atoms with Gasteiger partial charge in [-0.05, 0) is 18.6 Å². The summed E-state index contributed by atoms with van der Waals surface area (Å²) >= 11 is 0. The Bertz CT molecular complexity index is 255. The van der Waals surface area contributed by atoms with E-state index in [2.05, 4.69) is 11.6 Å². The van der Waals surface area contributed by atoms with E-state index in [1.165, 1.54) is 12.3 Å². The Labute approximate surface area is 59.2 Å². The maximum absolute atomic E-state index is 12.4. The molecule has 0 N–H and O–H groups in total. The van der Waals surface area contributed by atoms with Crippen molar-refractivity contribution in [2.75, 3.05) is 0 Å². The van der Waals surface area contributed by atoms with Gasteiger partial charge in [-0.2, -0.15) is 4.39 Å². The fourth-order valence-electron chi connectivity index (χ4n) is 0.668. The van der Waals surface area contributed by atoms with Crippen LogP contribution in [0.3, 0.4) is 0 Å². The predicted octanol–water partition coefficient (Wildman–Crippen LogP) is 2.25. The van der Waals surface area contributed by atoms with Crippen molar-refractivity contribution in [2.24, 2.45) is 0 Å². The summed E-state index contributed by atoms with van der Waals surface area (Å²) in [6, 6.07) is 3.09. The first-order valence-corrected chi connectivity index (χ1v) is 2.97. The molecule has 0 saturated carbocycles. The second-order valence-corrected chi connectivity index (χ2v) is 2.15. The van der Waals surface area contributed by atoms with Gasteiger partial charge in [0, 0.05) is 12.3 Å². The highest BCUT2D eigenvalue weighted by atomic mass is 19.1. The topological polar surface area (TPSA) is 12.9 Å². The van der Waals surface area contributed by atoms with Crippen molar-refractivity contribution in [1.29, 1.82) is 0 Å². The van der Waals surface area contributed by atoms with Crippen LogP contribution in [0.25, 0.3) is 5.57 Å². The zero-order valence-corrected chi connectivity index (χ0v) is 5.76. The van der Waals surface area contributed by atoms with E-state index in [4.69, 9.17) is 0 Å². The number of hydrogen-bond donors (Lipinski definition) is 0. The molecule has 0 aliphatic carbocycles. The number of allylic oxidation sites excluding steroid dienone is 1. The zero-order valence-electron chi connectivity index (χ0n) is 5.76. The molecule has 0 aliphatic rings. The van der Waals surface area contributed by atoms with Crippen molar-refractivity contribution in [3.8, 4) is 0 Å². The van der Waals surface area contributed by atoms with Gasteiger partial charge in [0.25, 0.3) is 0 Å². The van der Waals surface area contributed by atoms with Gasteiger partial charge in [0.15, 0.2) is 0 Å². The Kier molecular flexibility index (Phi) is 1.81. The first-order valence-electron chi connectivity index (χ1n) is 2.97. The van der Waals surface area contributed by atoms with Crippen molar-refractivity contribution >= 4 is 5.57 Å². The first kappa shape index (κ1) is 6.93. The fraction of sp³-hybridized carbons (Fsp3) is 0.125. The molecule has 0 unspecified atom stereocenters. The lowest BCUT2D eigenvalue weighted by Gasteiger charge is -1.96. The van der Waals surface area contributed by atoms with E-state index >= 15 is 0 Å². The molecule has 0 aliphatic heterocycles. The lowest BCUT2D eigenvalue weighted by Crippen LogP contribution is -1.83. The van der Waals surface area contributed by atoms with Gasteiger partial charge in [0.1, 0.15) is 0 Å². The Morgan fingerprint density at radius 1 is 1.70 bits per heavy atom. The molecule has 2 heteroatoms. The standard InChI is InChI=1S/C8H8FN/c1-6(2)7-3-4-10-8(9)5-7/h3-5H,1H2,2H3. The molecule has 0 aromatic carbocycles. The highest BCUT2D eigenvalue weighted by molar-refractivity contribution is 5.60. The number of halogens is 1. The average Bonchev–Trinajstić information content (AvgIpc) is 1.88. The molecule has 10 heavy (non-hydrogen) atoms. The van der Waals surface area contributed by atoms with Gasteiger partial charge in [-0.3, -0.25) is 0 Å².